The zero-order valence-electron chi connectivity index (χ0n) is 32.1. The van der Waals surface area contributed by atoms with Crippen LogP contribution in [0.15, 0.2) is 115 Å². The number of aromatic nitrogens is 3. The van der Waals surface area contributed by atoms with Gasteiger partial charge in [0.15, 0.2) is 0 Å². The molecule has 0 saturated carbocycles. The molecular formula is C43H51N9O4. The van der Waals surface area contributed by atoms with E-state index < -0.39 is 24.0 Å². The molecule has 3 aromatic carbocycles. The molecule has 292 valence electrons. The highest BCUT2D eigenvalue weighted by Gasteiger charge is 2.20. The number of carbonyl (C=O) groups excluding carboxylic acids is 1. The Morgan fingerprint density at radius 2 is 1.38 bits per heavy atom. The molecule has 0 spiro atoms. The van der Waals surface area contributed by atoms with E-state index in [-0.39, 0.29) is 12.8 Å². The van der Waals surface area contributed by atoms with Crippen molar-refractivity contribution in [3.05, 3.63) is 142 Å². The molecule has 0 bridgehead atoms. The van der Waals surface area contributed by atoms with Crippen LogP contribution in [0.4, 0.5) is 11.6 Å². The molecule has 2 atom stereocenters. The van der Waals surface area contributed by atoms with Gasteiger partial charge in [-0.1, -0.05) is 80.6 Å². The second-order valence-electron chi connectivity index (χ2n) is 13.5. The first-order valence-electron chi connectivity index (χ1n) is 19.1. The number of fused-ring (bicyclic) bond motifs is 1. The summed E-state index contributed by atoms with van der Waals surface area (Å²) in [5.74, 6) is -1.05. The number of anilines is 2. The minimum atomic E-state index is -0.996. The van der Waals surface area contributed by atoms with E-state index >= 15 is 0 Å². The van der Waals surface area contributed by atoms with Crippen molar-refractivity contribution in [1.82, 2.24) is 19.9 Å². The number of amides is 1. The van der Waals surface area contributed by atoms with Gasteiger partial charge in [-0.15, -0.1) is 4.91 Å². The largest absolute Gasteiger partial charge is 0.480 e. The summed E-state index contributed by atoms with van der Waals surface area (Å²) in [5, 5.41) is 11.3. The Balaban J connectivity index is 0.000000214. The second-order valence-corrected chi connectivity index (χ2v) is 13.5. The number of rotatable bonds is 11. The maximum Gasteiger partial charge on any atom is 0.320 e. The lowest BCUT2D eigenvalue weighted by molar-refractivity contribution is -0.138. The van der Waals surface area contributed by atoms with Gasteiger partial charge >= 0.3 is 11.9 Å². The average Bonchev–Trinajstić information content (AvgIpc) is 3.25. The fraction of sp³-hybridized carbons (Fsp3) is 0.326. The quantitative estimate of drug-likeness (QED) is 0.149. The number of carboxylic acid groups (broad SMARTS) is 1. The van der Waals surface area contributed by atoms with Gasteiger partial charge in [-0.2, -0.15) is 0 Å². The number of hydrogen-bond acceptors (Lipinski definition) is 11. The van der Waals surface area contributed by atoms with Gasteiger partial charge in [0.2, 0.25) is 5.95 Å². The fourth-order valence-electron chi connectivity index (χ4n) is 6.75. The lowest BCUT2D eigenvalue weighted by Gasteiger charge is -2.36. The van der Waals surface area contributed by atoms with Crippen LogP contribution in [0, 0.1) is 4.91 Å². The molecule has 5 N–H and O–H groups in total. The molecular weight excluding hydrogens is 707 g/mol. The smallest absolute Gasteiger partial charge is 0.320 e. The van der Waals surface area contributed by atoms with Gasteiger partial charge in [-0.3, -0.25) is 19.5 Å². The molecule has 0 radical (unpaired) electrons. The number of nitroso groups, excluding NO2 is 1. The molecule has 2 unspecified atom stereocenters. The third-order valence-corrected chi connectivity index (χ3v) is 9.66. The van der Waals surface area contributed by atoms with Crippen LogP contribution in [0.3, 0.4) is 0 Å². The standard InChI is InChI=1S/C23H24N6O2.C18H21N3O2.C2H6/c24-21(22(30)27-31)15-17-4-1-5-18(14-17)19-6-2-7-20(16-19)28-10-12-29(13-11-28)23-25-8-3-9-26-23;19-17(18(22)23)10-15-6-3-7-16(20-15)12-21-9-8-13-4-1-2-5-14(13)11-21;1-2/h1-9,14,16,21H,10-13,15,24H2;1-7,17H,8-12,19H2,(H,22,23);1-2H3. The molecule has 2 aliphatic heterocycles. The molecule has 4 heterocycles. The lowest BCUT2D eigenvalue weighted by atomic mass is 9.99. The van der Waals surface area contributed by atoms with Crippen molar-refractivity contribution in [3.63, 3.8) is 0 Å². The maximum atomic E-state index is 11.4. The lowest BCUT2D eigenvalue weighted by Crippen LogP contribution is -2.47. The van der Waals surface area contributed by atoms with E-state index in [0.717, 1.165) is 91.9 Å². The SMILES string of the molecule is CC.NC(Cc1cccc(-c2cccc(N3CCN(c4ncccn4)CC3)c2)c1)C(=O)N=O.NC(Cc1cccc(CN2CCc3ccccc3C2)n1)C(=O)O. The zero-order chi connectivity index (χ0) is 39.9. The summed E-state index contributed by atoms with van der Waals surface area (Å²) in [7, 11) is 0. The summed E-state index contributed by atoms with van der Waals surface area (Å²) in [4.78, 5) is 52.8. The Morgan fingerprint density at radius 1 is 0.732 bits per heavy atom. The van der Waals surface area contributed by atoms with Crippen LogP contribution in [0.5, 0.6) is 0 Å². The van der Waals surface area contributed by atoms with Gasteiger partial charge in [-0.25, -0.2) is 9.97 Å². The molecule has 2 aliphatic rings. The Hall–Kier alpha value is -5.89. The fourth-order valence-corrected chi connectivity index (χ4v) is 6.75. The Bertz CT molecular complexity index is 2040. The van der Waals surface area contributed by atoms with Crippen molar-refractivity contribution in [2.75, 3.05) is 42.5 Å². The summed E-state index contributed by atoms with van der Waals surface area (Å²) in [6.07, 6.45) is 5.13. The third-order valence-electron chi connectivity index (χ3n) is 9.66. The van der Waals surface area contributed by atoms with E-state index in [1.54, 1.807) is 12.4 Å². The summed E-state index contributed by atoms with van der Waals surface area (Å²) in [5.41, 5.74) is 20.0. The highest BCUT2D eigenvalue weighted by Crippen LogP contribution is 2.27. The molecule has 13 heteroatoms. The molecule has 5 aromatic rings. The van der Waals surface area contributed by atoms with Crippen molar-refractivity contribution < 1.29 is 14.7 Å². The molecule has 0 aliphatic carbocycles. The number of pyridine rings is 1. The molecule has 1 saturated heterocycles. The number of hydrogen-bond donors (Lipinski definition) is 3. The van der Waals surface area contributed by atoms with Gasteiger partial charge in [0.25, 0.3) is 0 Å². The summed E-state index contributed by atoms with van der Waals surface area (Å²) in [6.45, 7) is 10.2. The monoisotopic (exact) mass is 757 g/mol. The molecule has 56 heavy (non-hydrogen) atoms. The zero-order valence-corrected chi connectivity index (χ0v) is 32.1. The highest BCUT2D eigenvalue weighted by atomic mass is 16.4. The number of benzene rings is 3. The van der Waals surface area contributed by atoms with E-state index in [4.69, 9.17) is 16.6 Å². The minimum Gasteiger partial charge on any atom is -0.480 e. The van der Waals surface area contributed by atoms with E-state index in [9.17, 15) is 14.5 Å². The van der Waals surface area contributed by atoms with Gasteiger partial charge < -0.3 is 26.4 Å². The predicted molar refractivity (Wildman–Crippen MR) is 220 cm³/mol. The Labute approximate surface area is 328 Å². The van der Waals surface area contributed by atoms with Crippen molar-refractivity contribution in [2.45, 2.75) is 58.3 Å². The van der Waals surface area contributed by atoms with Crippen molar-refractivity contribution in [3.8, 4) is 11.1 Å². The number of aliphatic carboxylic acids is 1. The number of nitrogens with two attached hydrogens (primary N) is 2. The summed E-state index contributed by atoms with van der Waals surface area (Å²) in [6, 6.07) is 30.5. The molecule has 13 nitrogen and oxygen atoms in total. The van der Waals surface area contributed by atoms with Crippen LogP contribution in [-0.4, -0.2) is 81.6 Å². The van der Waals surface area contributed by atoms with Crippen LogP contribution < -0.4 is 21.3 Å². The number of carbonyl (C=O) groups is 2. The Morgan fingerprint density at radius 3 is 2.09 bits per heavy atom. The molecule has 2 aromatic heterocycles. The Kier molecular flexibility index (Phi) is 15.3. The normalized spacial score (nSPS) is 14.9. The topological polar surface area (TPSA) is 184 Å². The maximum absolute atomic E-state index is 11.4. The first-order valence-corrected chi connectivity index (χ1v) is 19.1. The van der Waals surface area contributed by atoms with Gasteiger partial charge in [0.1, 0.15) is 6.04 Å². The van der Waals surface area contributed by atoms with Crippen molar-refractivity contribution in [1.29, 1.82) is 0 Å². The second kappa shape index (κ2) is 20.7. The van der Waals surface area contributed by atoms with Gasteiger partial charge in [-0.05, 0) is 71.0 Å². The van der Waals surface area contributed by atoms with Gasteiger partial charge in [0.05, 0.1) is 11.7 Å². The van der Waals surface area contributed by atoms with Crippen molar-refractivity contribution in [2.24, 2.45) is 16.6 Å². The molecule has 1 amide bonds. The van der Waals surface area contributed by atoms with Crippen molar-refractivity contribution >= 4 is 23.5 Å². The van der Waals surface area contributed by atoms with Crippen LogP contribution >= 0.6 is 0 Å². The average molecular weight is 758 g/mol. The molecule has 7 rings (SSSR count). The van der Waals surface area contributed by atoms with Crippen LogP contribution in [0.1, 0.15) is 41.9 Å². The molecule has 1 fully saturated rings. The first kappa shape index (κ1) is 41.3. The summed E-state index contributed by atoms with van der Waals surface area (Å²) >= 11 is 0. The van der Waals surface area contributed by atoms with E-state index in [0.29, 0.717) is 0 Å². The van der Waals surface area contributed by atoms with Crippen LogP contribution in [0.2, 0.25) is 0 Å². The number of piperazine rings is 1. The minimum absolute atomic E-state index is 0.256. The predicted octanol–water partition coefficient (Wildman–Crippen LogP) is 5.25. The number of nitrogens with zero attached hydrogens (tertiary/aromatic N) is 7. The van der Waals surface area contributed by atoms with Crippen LogP contribution in [-0.2, 0) is 41.9 Å². The van der Waals surface area contributed by atoms with E-state index in [1.165, 1.54) is 11.1 Å². The number of carboxylic acids is 1. The van der Waals surface area contributed by atoms with Crippen LogP contribution in [0.25, 0.3) is 11.1 Å². The van der Waals surface area contributed by atoms with Gasteiger partial charge in [0, 0.05) is 81.2 Å². The summed E-state index contributed by atoms with van der Waals surface area (Å²) < 4.78 is 0. The van der Waals surface area contributed by atoms with E-state index in [1.807, 2.05) is 62.4 Å². The third kappa shape index (κ3) is 11.6. The first-order chi connectivity index (χ1) is 27.2. The van der Waals surface area contributed by atoms with E-state index in [2.05, 4.69) is 83.4 Å². The highest BCUT2D eigenvalue weighted by molar-refractivity contribution is 5.82.